The van der Waals surface area contributed by atoms with E-state index >= 15 is 0 Å². The first-order valence-corrected chi connectivity index (χ1v) is 7.33. The van der Waals surface area contributed by atoms with Crippen molar-refractivity contribution in [3.05, 3.63) is 23.9 Å². The predicted octanol–water partition coefficient (Wildman–Crippen LogP) is 1.58. The third kappa shape index (κ3) is 3.07. The van der Waals surface area contributed by atoms with Gasteiger partial charge in [0.25, 0.3) is 11.7 Å². The van der Waals surface area contributed by atoms with E-state index in [-0.39, 0.29) is 17.8 Å². The summed E-state index contributed by atoms with van der Waals surface area (Å²) >= 11 is 0. The van der Waals surface area contributed by atoms with E-state index in [1.165, 1.54) is 0 Å². The van der Waals surface area contributed by atoms with Gasteiger partial charge in [-0.15, -0.1) is 0 Å². The Morgan fingerprint density at radius 2 is 2.40 bits per heavy atom. The maximum atomic E-state index is 12.0. The van der Waals surface area contributed by atoms with Crippen molar-refractivity contribution in [2.24, 2.45) is 5.92 Å². The van der Waals surface area contributed by atoms with Crippen molar-refractivity contribution < 1.29 is 9.32 Å². The molecule has 3 rings (SSSR count). The Bertz CT molecular complexity index is 491. The predicted molar refractivity (Wildman–Crippen MR) is 73.1 cm³/mol. The minimum Gasteiger partial charge on any atom is -0.349 e. The first kappa shape index (κ1) is 13.3. The molecule has 1 aromatic heterocycles. The highest BCUT2D eigenvalue weighted by atomic mass is 16.5. The van der Waals surface area contributed by atoms with Gasteiger partial charge in [0.2, 0.25) is 5.89 Å². The molecular weight excluding hydrogens is 256 g/mol. The zero-order valence-corrected chi connectivity index (χ0v) is 11.5. The van der Waals surface area contributed by atoms with E-state index < -0.39 is 0 Å². The molecule has 0 saturated carbocycles. The number of allylic oxidation sites excluding steroid dienone is 2. The average Bonchev–Trinajstić information content (AvgIpc) is 3.16. The van der Waals surface area contributed by atoms with Crippen LogP contribution in [-0.4, -0.2) is 29.1 Å². The van der Waals surface area contributed by atoms with Gasteiger partial charge < -0.3 is 15.2 Å². The zero-order chi connectivity index (χ0) is 13.8. The van der Waals surface area contributed by atoms with Crippen LogP contribution in [0.5, 0.6) is 0 Å². The molecule has 1 aliphatic carbocycles. The van der Waals surface area contributed by atoms with Crippen LogP contribution in [0.1, 0.15) is 54.7 Å². The lowest BCUT2D eigenvalue weighted by molar-refractivity contribution is 0.0933. The van der Waals surface area contributed by atoms with Crippen LogP contribution in [0.15, 0.2) is 16.7 Å². The Morgan fingerprint density at radius 1 is 1.45 bits per heavy atom. The van der Waals surface area contributed by atoms with Crippen LogP contribution in [0.4, 0.5) is 0 Å². The fourth-order valence-electron chi connectivity index (χ4n) is 2.72. The third-order valence-corrected chi connectivity index (χ3v) is 3.93. The molecule has 108 valence electrons. The lowest BCUT2D eigenvalue weighted by Crippen LogP contribution is -2.30. The molecule has 2 aliphatic rings. The number of nitrogens with zero attached hydrogens (tertiary/aromatic N) is 2. The monoisotopic (exact) mass is 276 g/mol. The van der Waals surface area contributed by atoms with E-state index in [0.29, 0.717) is 18.4 Å². The quantitative estimate of drug-likeness (QED) is 0.816. The molecular formula is C14H20N4O2. The van der Waals surface area contributed by atoms with Crippen LogP contribution in [0, 0.1) is 5.92 Å². The van der Waals surface area contributed by atoms with Crippen molar-refractivity contribution in [3.8, 4) is 0 Å². The molecule has 1 saturated heterocycles. The number of hydrogen-bond donors (Lipinski definition) is 2. The summed E-state index contributed by atoms with van der Waals surface area (Å²) in [6.07, 6.45) is 9.71. The van der Waals surface area contributed by atoms with Crippen LogP contribution < -0.4 is 10.6 Å². The van der Waals surface area contributed by atoms with Crippen molar-refractivity contribution in [2.75, 3.05) is 13.1 Å². The third-order valence-electron chi connectivity index (χ3n) is 3.93. The number of aromatic nitrogens is 2. The molecule has 1 amide bonds. The van der Waals surface area contributed by atoms with Crippen molar-refractivity contribution in [1.82, 2.24) is 20.8 Å². The highest BCUT2D eigenvalue weighted by Crippen LogP contribution is 2.21. The maximum absolute atomic E-state index is 12.0. The molecule has 0 radical (unpaired) electrons. The number of nitrogens with one attached hydrogen (secondary N) is 2. The van der Waals surface area contributed by atoms with Gasteiger partial charge in [0, 0.05) is 6.54 Å². The van der Waals surface area contributed by atoms with E-state index in [4.69, 9.17) is 4.52 Å². The largest absolute Gasteiger partial charge is 0.349 e. The zero-order valence-electron chi connectivity index (χ0n) is 11.5. The van der Waals surface area contributed by atoms with Crippen LogP contribution in [0.2, 0.25) is 0 Å². The Kier molecular flexibility index (Phi) is 4.11. The van der Waals surface area contributed by atoms with Gasteiger partial charge in [-0.1, -0.05) is 17.3 Å². The molecule has 1 aliphatic heterocycles. The van der Waals surface area contributed by atoms with Gasteiger partial charge >= 0.3 is 0 Å². The number of amides is 1. The highest BCUT2D eigenvalue weighted by Gasteiger charge is 2.24. The normalized spacial score (nSPS) is 25.8. The summed E-state index contributed by atoms with van der Waals surface area (Å²) in [5.74, 6) is 0.938. The molecule has 0 spiro atoms. The van der Waals surface area contributed by atoms with E-state index in [1.807, 2.05) is 0 Å². The second-order valence-corrected chi connectivity index (χ2v) is 5.47. The second-order valence-electron chi connectivity index (χ2n) is 5.47. The van der Waals surface area contributed by atoms with Crippen LogP contribution in [0.25, 0.3) is 0 Å². The van der Waals surface area contributed by atoms with Gasteiger partial charge in [-0.25, -0.2) is 0 Å². The lowest BCUT2D eigenvalue weighted by atomic mass is 9.94. The first-order chi connectivity index (χ1) is 9.83. The van der Waals surface area contributed by atoms with Gasteiger partial charge in [-0.2, -0.15) is 4.98 Å². The molecule has 0 bridgehead atoms. The maximum Gasteiger partial charge on any atom is 0.292 e. The van der Waals surface area contributed by atoms with E-state index in [0.717, 1.165) is 38.6 Å². The van der Waals surface area contributed by atoms with Crippen molar-refractivity contribution in [3.63, 3.8) is 0 Å². The van der Waals surface area contributed by atoms with E-state index in [2.05, 4.69) is 32.9 Å². The summed E-state index contributed by atoms with van der Waals surface area (Å²) in [5.41, 5.74) is 0. The molecule has 0 aromatic carbocycles. The summed E-state index contributed by atoms with van der Waals surface area (Å²) < 4.78 is 5.17. The Balaban J connectivity index is 1.52. The van der Waals surface area contributed by atoms with E-state index in [1.54, 1.807) is 0 Å². The van der Waals surface area contributed by atoms with Crippen LogP contribution >= 0.6 is 0 Å². The van der Waals surface area contributed by atoms with Gasteiger partial charge in [-0.05, 0) is 44.6 Å². The van der Waals surface area contributed by atoms with Crippen molar-refractivity contribution in [1.29, 1.82) is 0 Å². The molecule has 2 N–H and O–H groups in total. The molecule has 1 fully saturated rings. The van der Waals surface area contributed by atoms with Gasteiger partial charge in [0.1, 0.15) is 0 Å². The minimum atomic E-state index is -0.243. The average molecular weight is 276 g/mol. The van der Waals surface area contributed by atoms with Crippen molar-refractivity contribution >= 4 is 5.91 Å². The molecule has 1 aromatic rings. The van der Waals surface area contributed by atoms with Crippen LogP contribution in [-0.2, 0) is 0 Å². The number of rotatable bonds is 4. The van der Waals surface area contributed by atoms with E-state index in [9.17, 15) is 4.79 Å². The Labute approximate surface area is 118 Å². The summed E-state index contributed by atoms with van der Waals surface area (Å²) in [7, 11) is 0. The topological polar surface area (TPSA) is 80.0 Å². The Morgan fingerprint density at radius 3 is 3.15 bits per heavy atom. The summed E-state index contributed by atoms with van der Waals surface area (Å²) in [6.45, 7) is 1.64. The molecule has 2 heterocycles. The second kappa shape index (κ2) is 6.17. The molecule has 2 atom stereocenters. The van der Waals surface area contributed by atoms with Crippen molar-refractivity contribution in [2.45, 2.75) is 38.1 Å². The summed E-state index contributed by atoms with van der Waals surface area (Å²) in [4.78, 5) is 16.2. The van der Waals surface area contributed by atoms with Crippen LogP contribution in [0.3, 0.4) is 0 Å². The molecule has 2 unspecified atom stereocenters. The number of carbonyl (C=O) groups excluding carboxylic acids is 1. The fraction of sp³-hybridized carbons (Fsp3) is 0.643. The summed E-state index contributed by atoms with van der Waals surface area (Å²) in [5, 5.41) is 9.94. The first-order valence-electron chi connectivity index (χ1n) is 7.33. The number of carbonyl (C=O) groups is 1. The Hall–Kier alpha value is -1.69. The van der Waals surface area contributed by atoms with Gasteiger partial charge in [0.05, 0.1) is 6.04 Å². The van der Waals surface area contributed by atoms with Gasteiger partial charge in [0.15, 0.2) is 0 Å². The lowest BCUT2D eigenvalue weighted by Gasteiger charge is -2.17. The highest BCUT2D eigenvalue weighted by molar-refractivity contribution is 5.90. The van der Waals surface area contributed by atoms with Gasteiger partial charge in [-0.3, -0.25) is 4.79 Å². The standard InChI is InChI=1S/C14H20N4O2/c19-13(16-9-10-5-2-1-3-6-10)12-17-14(20-18-12)11-7-4-8-15-11/h1-2,10-11,15H,3-9H2,(H,16,19). The smallest absolute Gasteiger partial charge is 0.292 e. The minimum absolute atomic E-state index is 0.104. The molecule has 6 nitrogen and oxygen atoms in total. The summed E-state index contributed by atoms with van der Waals surface area (Å²) in [6, 6.07) is 0.104. The number of hydrogen-bond acceptors (Lipinski definition) is 5. The SMILES string of the molecule is O=C(NCC1CC=CCC1)c1noc(C2CCCN2)n1. The molecule has 6 heteroatoms. The fourth-order valence-corrected chi connectivity index (χ4v) is 2.72. The molecule has 20 heavy (non-hydrogen) atoms.